The molecule has 0 heterocycles. The van der Waals surface area contributed by atoms with Gasteiger partial charge in [-0.15, -0.1) is 0 Å². The van der Waals surface area contributed by atoms with Crippen molar-refractivity contribution in [3.8, 4) is 5.75 Å². The van der Waals surface area contributed by atoms with Crippen LogP contribution < -0.4 is 15.4 Å². The summed E-state index contributed by atoms with van der Waals surface area (Å²) in [6.45, 7) is 3.97. The molecule has 0 spiro atoms. The molecule has 8 heteroatoms. The van der Waals surface area contributed by atoms with Crippen molar-refractivity contribution in [1.82, 2.24) is 14.9 Å². The first-order valence-electron chi connectivity index (χ1n) is 10.5. The second kappa shape index (κ2) is 10.2. The minimum atomic E-state index is -3.42. The smallest absolute Gasteiger partial charge is 0.242 e. The standard InChI is InChI=1S/C23H32N4O3S/c1-17-5-10-20(22(13-17)30-16-19-6-7-19)15-26-23(24-2)25-14-18-8-11-21(12-9-18)31(28,29)27(3)4/h5,8-13,19H,6-7,14-16H2,1-4H3,(H2,24,25,26). The van der Waals surface area contributed by atoms with E-state index >= 15 is 0 Å². The molecule has 1 aliphatic rings. The Kier molecular flexibility index (Phi) is 7.56. The lowest BCUT2D eigenvalue weighted by Crippen LogP contribution is -2.36. The molecule has 2 aromatic carbocycles. The van der Waals surface area contributed by atoms with Gasteiger partial charge in [0, 0.05) is 39.8 Å². The van der Waals surface area contributed by atoms with Crippen LogP contribution in [0.15, 0.2) is 52.4 Å². The van der Waals surface area contributed by atoms with Gasteiger partial charge in [0.2, 0.25) is 10.0 Å². The molecule has 0 unspecified atom stereocenters. The van der Waals surface area contributed by atoms with E-state index in [9.17, 15) is 8.42 Å². The van der Waals surface area contributed by atoms with E-state index in [0.29, 0.717) is 25.0 Å². The van der Waals surface area contributed by atoms with E-state index in [1.54, 1.807) is 31.3 Å². The minimum Gasteiger partial charge on any atom is -0.493 e. The summed E-state index contributed by atoms with van der Waals surface area (Å²) < 4.78 is 31.6. The topological polar surface area (TPSA) is 83.0 Å². The zero-order chi connectivity index (χ0) is 22.4. The first-order chi connectivity index (χ1) is 14.8. The first-order valence-corrected chi connectivity index (χ1v) is 11.9. The summed E-state index contributed by atoms with van der Waals surface area (Å²) in [5.41, 5.74) is 3.23. The Bertz CT molecular complexity index is 1010. The summed E-state index contributed by atoms with van der Waals surface area (Å²) in [6.07, 6.45) is 2.52. The Hall–Kier alpha value is -2.58. The predicted molar refractivity (Wildman–Crippen MR) is 124 cm³/mol. The third-order valence-electron chi connectivity index (χ3n) is 5.23. The Balaban J connectivity index is 1.55. The van der Waals surface area contributed by atoms with Gasteiger partial charge in [-0.1, -0.05) is 24.3 Å². The van der Waals surface area contributed by atoms with Crippen LogP contribution in [0, 0.1) is 12.8 Å². The van der Waals surface area contributed by atoms with Gasteiger partial charge in [-0.05, 0) is 55.0 Å². The van der Waals surface area contributed by atoms with E-state index in [0.717, 1.165) is 23.5 Å². The number of benzene rings is 2. The van der Waals surface area contributed by atoms with Crippen molar-refractivity contribution in [3.63, 3.8) is 0 Å². The first kappa shape index (κ1) is 23.1. The third kappa shape index (κ3) is 6.45. The molecule has 0 aromatic heterocycles. The van der Waals surface area contributed by atoms with Gasteiger partial charge in [0.1, 0.15) is 5.75 Å². The summed E-state index contributed by atoms with van der Waals surface area (Å²) in [6, 6.07) is 13.1. The van der Waals surface area contributed by atoms with Crippen molar-refractivity contribution < 1.29 is 13.2 Å². The molecule has 0 saturated heterocycles. The predicted octanol–water partition coefficient (Wildman–Crippen LogP) is 2.90. The molecule has 0 amide bonds. The number of ether oxygens (including phenoxy) is 1. The third-order valence-corrected chi connectivity index (χ3v) is 7.06. The van der Waals surface area contributed by atoms with Crippen LogP contribution >= 0.6 is 0 Å². The van der Waals surface area contributed by atoms with Crippen LogP contribution in [-0.2, 0) is 23.1 Å². The Morgan fingerprint density at radius 3 is 2.39 bits per heavy atom. The molecule has 0 radical (unpaired) electrons. The van der Waals surface area contributed by atoms with Gasteiger partial charge in [0.25, 0.3) is 0 Å². The normalized spacial score (nSPS) is 14.5. The van der Waals surface area contributed by atoms with Gasteiger partial charge in [-0.2, -0.15) is 0 Å². The molecule has 168 valence electrons. The molecule has 0 bridgehead atoms. The lowest BCUT2D eigenvalue weighted by molar-refractivity contribution is 0.296. The fourth-order valence-corrected chi connectivity index (χ4v) is 3.91. The maximum absolute atomic E-state index is 12.2. The number of nitrogens with one attached hydrogen (secondary N) is 2. The van der Waals surface area contributed by atoms with Crippen LogP contribution in [0.25, 0.3) is 0 Å². The number of hydrogen-bond acceptors (Lipinski definition) is 4. The van der Waals surface area contributed by atoms with E-state index in [4.69, 9.17) is 4.74 Å². The van der Waals surface area contributed by atoms with Gasteiger partial charge in [-0.3, -0.25) is 4.99 Å². The van der Waals surface area contributed by atoms with E-state index in [2.05, 4.69) is 40.7 Å². The summed E-state index contributed by atoms with van der Waals surface area (Å²) in [4.78, 5) is 4.56. The Morgan fingerprint density at radius 2 is 1.77 bits per heavy atom. The highest BCUT2D eigenvalue weighted by Gasteiger charge is 2.22. The molecule has 31 heavy (non-hydrogen) atoms. The van der Waals surface area contributed by atoms with Crippen molar-refractivity contribution in [1.29, 1.82) is 0 Å². The fraction of sp³-hybridized carbons (Fsp3) is 0.435. The lowest BCUT2D eigenvalue weighted by Gasteiger charge is -2.16. The number of aryl methyl sites for hydroxylation is 1. The van der Waals surface area contributed by atoms with Crippen LogP contribution in [0.5, 0.6) is 5.75 Å². The molecule has 7 nitrogen and oxygen atoms in total. The second-order valence-corrected chi connectivity index (χ2v) is 10.2. The van der Waals surface area contributed by atoms with Crippen LogP contribution in [0.2, 0.25) is 0 Å². The van der Waals surface area contributed by atoms with E-state index in [1.807, 2.05) is 0 Å². The van der Waals surface area contributed by atoms with Crippen LogP contribution in [0.4, 0.5) is 0 Å². The van der Waals surface area contributed by atoms with Gasteiger partial charge < -0.3 is 15.4 Å². The molecule has 1 saturated carbocycles. The molecule has 0 aliphatic heterocycles. The molecule has 2 aromatic rings. The van der Waals surface area contributed by atoms with Crippen LogP contribution in [0.1, 0.15) is 29.5 Å². The number of guanidine groups is 1. The molecular weight excluding hydrogens is 412 g/mol. The molecule has 1 fully saturated rings. The fourth-order valence-electron chi connectivity index (χ4n) is 3.01. The average Bonchev–Trinajstić information content (AvgIpc) is 3.58. The van der Waals surface area contributed by atoms with E-state index in [-0.39, 0.29) is 4.90 Å². The van der Waals surface area contributed by atoms with Crippen molar-refractivity contribution in [2.24, 2.45) is 10.9 Å². The molecule has 2 N–H and O–H groups in total. The number of aliphatic imine (C=N–C) groups is 1. The zero-order valence-corrected chi connectivity index (χ0v) is 19.5. The average molecular weight is 445 g/mol. The summed E-state index contributed by atoms with van der Waals surface area (Å²) in [5.74, 6) is 2.29. The summed E-state index contributed by atoms with van der Waals surface area (Å²) in [7, 11) is 1.36. The minimum absolute atomic E-state index is 0.279. The Morgan fingerprint density at radius 1 is 1.10 bits per heavy atom. The number of nitrogens with zero attached hydrogens (tertiary/aromatic N) is 2. The van der Waals surface area contributed by atoms with Crippen LogP contribution in [-0.4, -0.2) is 46.4 Å². The van der Waals surface area contributed by atoms with Crippen molar-refractivity contribution in [2.75, 3.05) is 27.7 Å². The van der Waals surface area contributed by atoms with Gasteiger partial charge in [-0.25, -0.2) is 12.7 Å². The van der Waals surface area contributed by atoms with Crippen molar-refractivity contribution in [2.45, 2.75) is 37.8 Å². The monoisotopic (exact) mass is 444 g/mol. The van der Waals surface area contributed by atoms with Crippen molar-refractivity contribution in [3.05, 3.63) is 59.2 Å². The van der Waals surface area contributed by atoms with Gasteiger partial charge in [0.05, 0.1) is 11.5 Å². The number of rotatable bonds is 9. The van der Waals surface area contributed by atoms with E-state index in [1.165, 1.54) is 36.8 Å². The van der Waals surface area contributed by atoms with Crippen LogP contribution in [0.3, 0.4) is 0 Å². The summed E-state index contributed by atoms with van der Waals surface area (Å²) >= 11 is 0. The maximum atomic E-state index is 12.2. The molecule has 1 aliphatic carbocycles. The van der Waals surface area contributed by atoms with Gasteiger partial charge >= 0.3 is 0 Å². The van der Waals surface area contributed by atoms with Crippen molar-refractivity contribution >= 4 is 16.0 Å². The SMILES string of the molecule is CN=C(NCc1ccc(S(=O)(=O)N(C)C)cc1)NCc1ccc(C)cc1OCC1CC1. The van der Waals surface area contributed by atoms with E-state index < -0.39 is 10.0 Å². The van der Waals surface area contributed by atoms with Gasteiger partial charge in [0.15, 0.2) is 5.96 Å². The molecular formula is C23H32N4O3S. The quantitative estimate of drug-likeness (QED) is 0.459. The highest BCUT2D eigenvalue weighted by molar-refractivity contribution is 7.89. The number of sulfonamides is 1. The maximum Gasteiger partial charge on any atom is 0.242 e. The highest BCUT2D eigenvalue weighted by Crippen LogP contribution is 2.30. The lowest BCUT2D eigenvalue weighted by atomic mass is 10.1. The largest absolute Gasteiger partial charge is 0.493 e. The molecule has 0 atom stereocenters. The number of hydrogen-bond donors (Lipinski definition) is 2. The molecule has 3 rings (SSSR count). The Labute approximate surface area is 185 Å². The zero-order valence-electron chi connectivity index (χ0n) is 18.7. The second-order valence-electron chi connectivity index (χ2n) is 8.08. The highest BCUT2D eigenvalue weighted by atomic mass is 32.2. The summed E-state index contributed by atoms with van der Waals surface area (Å²) in [5, 5.41) is 6.59.